The highest BCUT2D eigenvalue weighted by Crippen LogP contribution is 2.33. The topological polar surface area (TPSA) is 29.3 Å². The van der Waals surface area contributed by atoms with Gasteiger partial charge >= 0.3 is 0 Å². The molecule has 0 radical (unpaired) electrons. The Balaban J connectivity index is 1.67. The minimum absolute atomic E-state index is 0.697. The van der Waals surface area contributed by atoms with Crippen LogP contribution >= 0.6 is 0 Å². The van der Waals surface area contributed by atoms with Gasteiger partial charge in [0.25, 0.3) is 0 Å². The molecule has 0 aromatic heterocycles. The molecular formula is C18H28N2. The van der Waals surface area contributed by atoms with Crippen molar-refractivity contribution in [2.75, 3.05) is 26.2 Å². The summed E-state index contributed by atoms with van der Waals surface area (Å²) in [5, 5.41) is 0. The highest BCUT2D eigenvalue weighted by atomic mass is 15.1. The van der Waals surface area contributed by atoms with E-state index in [1.54, 1.807) is 11.1 Å². The zero-order valence-electron chi connectivity index (χ0n) is 12.7. The SMILES string of the molecule is CC1CCN(CC2CCCc3ccccc32)CC1CN. The highest BCUT2D eigenvalue weighted by Gasteiger charge is 2.28. The first kappa shape index (κ1) is 14.1. The van der Waals surface area contributed by atoms with Gasteiger partial charge in [-0.2, -0.15) is 0 Å². The Bertz CT molecular complexity index is 443. The van der Waals surface area contributed by atoms with Crippen molar-refractivity contribution in [1.29, 1.82) is 0 Å². The van der Waals surface area contributed by atoms with Gasteiger partial charge in [0.05, 0.1) is 0 Å². The number of rotatable bonds is 3. The van der Waals surface area contributed by atoms with Crippen LogP contribution < -0.4 is 5.73 Å². The van der Waals surface area contributed by atoms with Crippen LogP contribution in [0.1, 0.15) is 43.2 Å². The maximum Gasteiger partial charge on any atom is 0.00505 e. The molecule has 1 fully saturated rings. The van der Waals surface area contributed by atoms with Crippen LogP contribution in [-0.4, -0.2) is 31.1 Å². The number of benzene rings is 1. The molecular weight excluding hydrogens is 244 g/mol. The third-order valence-corrected chi connectivity index (χ3v) is 5.47. The largest absolute Gasteiger partial charge is 0.330 e. The van der Waals surface area contributed by atoms with Crippen LogP contribution in [0.2, 0.25) is 0 Å². The number of nitrogens with two attached hydrogens (primary N) is 1. The van der Waals surface area contributed by atoms with Gasteiger partial charge in [-0.15, -0.1) is 0 Å². The Morgan fingerprint density at radius 3 is 2.95 bits per heavy atom. The molecule has 3 unspecified atom stereocenters. The minimum Gasteiger partial charge on any atom is -0.330 e. The smallest absolute Gasteiger partial charge is 0.00505 e. The van der Waals surface area contributed by atoms with Gasteiger partial charge < -0.3 is 10.6 Å². The minimum atomic E-state index is 0.697. The second-order valence-corrected chi connectivity index (χ2v) is 6.81. The van der Waals surface area contributed by atoms with Gasteiger partial charge in [0.15, 0.2) is 0 Å². The average Bonchev–Trinajstić information content (AvgIpc) is 2.49. The Kier molecular flexibility index (Phi) is 4.42. The first-order valence-corrected chi connectivity index (χ1v) is 8.28. The Hall–Kier alpha value is -0.860. The van der Waals surface area contributed by atoms with Crippen molar-refractivity contribution in [2.45, 2.75) is 38.5 Å². The lowest BCUT2D eigenvalue weighted by molar-refractivity contribution is 0.123. The number of piperidine rings is 1. The summed E-state index contributed by atoms with van der Waals surface area (Å²) in [6.07, 6.45) is 5.30. The van der Waals surface area contributed by atoms with Crippen LogP contribution in [0.5, 0.6) is 0 Å². The Morgan fingerprint density at radius 2 is 2.10 bits per heavy atom. The van der Waals surface area contributed by atoms with E-state index in [2.05, 4.69) is 36.1 Å². The molecule has 3 rings (SSSR count). The van der Waals surface area contributed by atoms with Crippen LogP contribution in [0.15, 0.2) is 24.3 Å². The van der Waals surface area contributed by atoms with Gasteiger partial charge in [-0.25, -0.2) is 0 Å². The summed E-state index contributed by atoms with van der Waals surface area (Å²) in [6.45, 7) is 6.91. The number of aryl methyl sites for hydroxylation is 1. The van der Waals surface area contributed by atoms with Crippen LogP contribution in [0.25, 0.3) is 0 Å². The lowest BCUT2D eigenvalue weighted by Crippen LogP contribution is -2.44. The fourth-order valence-electron chi connectivity index (χ4n) is 4.05. The summed E-state index contributed by atoms with van der Waals surface area (Å²) in [4.78, 5) is 2.67. The third kappa shape index (κ3) is 2.91. The fourth-order valence-corrected chi connectivity index (χ4v) is 4.05. The van der Waals surface area contributed by atoms with Crippen molar-refractivity contribution >= 4 is 0 Å². The molecule has 2 aliphatic rings. The molecule has 2 N–H and O–H groups in total. The summed E-state index contributed by atoms with van der Waals surface area (Å²) in [6, 6.07) is 9.07. The predicted octanol–water partition coefficient (Wildman–Crippen LogP) is 3.02. The lowest BCUT2D eigenvalue weighted by Gasteiger charge is -2.39. The molecule has 0 amide bonds. The van der Waals surface area contributed by atoms with Crippen LogP contribution in [-0.2, 0) is 6.42 Å². The van der Waals surface area contributed by atoms with E-state index in [1.165, 1.54) is 45.3 Å². The van der Waals surface area contributed by atoms with E-state index in [9.17, 15) is 0 Å². The van der Waals surface area contributed by atoms with E-state index in [0.717, 1.165) is 18.4 Å². The number of likely N-dealkylation sites (tertiary alicyclic amines) is 1. The average molecular weight is 272 g/mol. The van der Waals surface area contributed by atoms with E-state index in [4.69, 9.17) is 5.73 Å². The van der Waals surface area contributed by atoms with Crippen molar-refractivity contribution in [2.24, 2.45) is 17.6 Å². The van der Waals surface area contributed by atoms with E-state index in [0.29, 0.717) is 5.92 Å². The van der Waals surface area contributed by atoms with Crippen LogP contribution in [0.3, 0.4) is 0 Å². The second-order valence-electron chi connectivity index (χ2n) is 6.81. The van der Waals surface area contributed by atoms with Crippen molar-refractivity contribution in [3.8, 4) is 0 Å². The molecule has 2 heteroatoms. The standard InChI is InChI=1S/C18H28N2/c1-14-9-10-20(13-17(14)11-19)12-16-7-4-6-15-5-2-3-8-18(15)16/h2-3,5,8,14,16-17H,4,6-7,9-13,19H2,1H3. The molecule has 1 aromatic carbocycles. The molecule has 1 aliphatic carbocycles. The molecule has 3 atom stereocenters. The predicted molar refractivity (Wildman–Crippen MR) is 84.9 cm³/mol. The number of hydrogen-bond donors (Lipinski definition) is 1. The van der Waals surface area contributed by atoms with Gasteiger partial charge in [-0.3, -0.25) is 0 Å². The van der Waals surface area contributed by atoms with E-state index in [-0.39, 0.29) is 0 Å². The van der Waals surface area contributed by atoms with Crippen molar-refractivity contribution in [1.82, 2.24) is 4.90 Å². The van der Waals surface area contributed by atoms with E-state index in [1.807, 2.05) is 0 Å². The zero-order chi connectivity index (χ0) is 13.9. The van der Waals surface area contributed by atoms with E-state index < -0.39 is 0 Å². The van der Waals surface area contributed by atoms with Crippen molar-refractivity contribution in [3.05, 3.63) is 35.4 Å². The van der Waals surface area contributed by atoms with Crippen molar-refractivity contribution < 1.29 is 0 Å². The molecule has 1 aromatic rings. The lowest BCUT2D eigenvalue weighted by atomic mass is 9.81. The molecule has 1 aliphatic heterocycles. The molecule has 20 heavy (non-hydrogen) atoms. The molecule has 110 valence electrons. The van der Waals surface area contributed by atoms with Crippen molar-refractivity contribution in [3.63, 3.8) is 0 Å². The first-order chi connectivity index (χ1) is 9.78. The number of nitrogens with zero attached hydrogens (tertiary/aromatic N) is 1. The van der Waals surface area contributed by atoms with Gasteiger partial charge in [0.1, 0.15) is 0 Å². The van der Waals surface area contributed by atoms with Gasteiger partial charge in [0, 0.05) is 13.1 Å². The van der Waals surface area contributed by atoms with Crippen LogP contribution in [0.4, 0.5) is 0 Å². The molecule has 2 nitrogen and oxygen atoms in total. The van der Waals surface area contributed by atoms with Gasteiger partial charge in [-0.1, -0.05) is 31.2 Å². The monoisotopic (exact) mass is 272 g/mol. The molecule has 0 saturated carbocycles. The summed E-state index contributed by atoms with van der Waals surface area (Å²) in [5.74, 6) is 2.24. The molecule has 1 heterocycles. The Labute approximate surface area is 123 Å². The normalized spacial score (nSPS) is 31.0. The fraction of sp³-hybridized carbons (Fsp3) is 0.667. The third-order valence-electron chi connectivity index (χ3n) is 5.47. The molecule has 0 bridgehead atoms. The van der Waals surface area contributed by atoms with Crippen LogP contribution in [0, 0.1) is 11.8 Å². The summed E-state index contributed by atoms with van der Waals surface area (Å²) in [5.41, 5.74) is 9.14. The molecule has 0 spiro atoms. The Morgan fingerprint density at radius 1 is 1.25 bits per heavy atom. The number of fused-ring (bicyclic) bond motifs is 1. The quantitative estimate of drug-likeness (QED) is 0.916. The maximum atomic E-state index is 5.94. The first-order valence-electron chi connectivity index (χ1n) is 8.28. The zero-order valence-corrected chi connectivity index (χ0v) is 12.7. The highest BCUT2D eigenvalue weighted by molar-refractivity contribution is 5.32. The van der Waals surface area contributed by atoms with Gasteiger partial charge in [-0.05, 0) is 67.7 Å². The van der Waals surface area contributed by atoms with Gasteiger partial charge in [0.2, 0.25) is 0 Å². The number of hydrogen-bond acceptors (Lipinski definition) is 2. The summed E-state index contributed by atoms with van der Waals surface area (Å²) < 4.78 is 0. The second kappa shape index (κ2) is 6.28. The van der Waals surface area contributed by atoms with E-state index >= 15 is 0 Å². The maximum absolute atomic E-state index is 5.94. The molecule has 1 saturated heterocycles. The summed E-state index contributed by atoms with van der Waals surface area (Å²) >= 11 is 0. The summed E-state index contributed by atoms with van der Waals surface area (Å²) in [7, 11) is 0.